The molecule has 21 heavy (non-hydrogen) atoms. The van der Waals surface area contributed by atoms with Crippen LogP contribution in [0.25, 0.3) is 0 Å². The van der Waals surface area contributed by atoms with E-state index in [2.05, 4.69) is 12.2 Å². The topological polar surface area (TPSA) is 54.6 Å². The Morgan fingerprint density at radius 1 is 1.19 bits per heavy atom. The van der Waals surface area contributed by atoms with Crippen LogP contribution in [0, 0.1) is 0 Å². The first-order chi connectivity index (χ1) is 10.2. The third-order valence-corrected chi connectivity index (χ3v) is 3.29. The molecular weight excluding hydrogens is 266 g/mol. The van der Waals surface area contributed by atoms with Crippen LogP contribution in [-0.4, -0.2) is 30.4 Å². The highest BCUT2D eigenvalue weighted by Crippen LogP contribution is 2.09. The fourth-order valence-corrected chi connectivity index (χ4v) is 2.02. The molecule has 0 fully saturated rings. The van der Waals surface area contributed by atoms with Crippen molar-refractivity contribution in [2.75, 3.05) is 13.2 Å². The third kappa shape index (κ3) is 6.02. The van der Waals surface area contributed by atoms with Gasteiger partial charge in [-0.15, -0.1) is 0 Å². The zero-order chi connectivity index (χ0) is 14.9. The van der Waals surface area contributed by atoms with Gasteiger partial charge in [-0.05, 0) is 37.6 Å². The quantitative estimate of drug-likeness (QED) is 0.745. The summed E-state index contributed by atoms with van der Waals surface area (Å²) in [5, 5.41) is 13.2. The van der Waals surface area contributed by atoms with Gasteiger partial charge in [0.1, 0.15) is 24.2 Å². The van der Waals surface area contributed by atoms with E-state index in [1.807, 2.05) is 42.5 Å². The Balaban J connectivity index is 1.58. The maximum absolute atomic E-state index is 9.91. The van der Waals surface area contributed by atoms with Crippen molar-refractivity contribution >= 4 is 0 Å². The molecule has 4 nitrogen and oxygen atoms in total. The number of aryl methyl sites for hydroxylation is 1. The van der Waals surface area contributed by atoms with Crippen molar-refractivity contribution in [2.24, 2.45) is 0 Å². The van der Waals surface area contributed by atoms with Crippen molar-refractivity contribution < 1.29 is 14.3 Å². The summed E-state index contributed by atoms with van der Waals surface area (Å²) in [6, 6.07) is 13.7. The van der Waals surface area contributed by atoms with E-state index < -0.39 is 6.10 Å². The Kier molecular flexibility index (Phi) is 6.31. The monoisotopic (exact) mass is 289 g/mol. The largest absolute Gasteiger partial charge is 0.491 e. The van der Waals surface area contributed by atoms with Gasteiger partial charge in [-0.2, -0.15) is 0 Å². The SMILES string of the molecule is CC(CCc1ccco1)NCC(O)COc1ccccc1. The van der Waals surface area contributed by atoms with Gasteiger partial charge in [0.15, 0.2) is 0 Å². The third-order valence-electron chi connectivity index (χ3n) is 3.29. The minimum atomic E-state index is -0.517. The lowest BCUT2D eigenvalue weighted by Gasteiger charge is -2.17. The number of hydrogen-bond donors (Lipinski definition) is 2. The highest BCUT2D eigenvalue weighted by Gasteiger charge is 2.08. The van der Waals surface area contributed by atoms with Crippen LogP contribution in [-0.2, 0) is 6.42 Å². The van der Waals surface area contributed by atoms with Crippen molar-refractivity contribution in [2.45, 2.75) is 31.9 Å². The summed E-state index contributed by atoms with van der Waals surface area (Å²) in [5.74, 6) is 1.78. The first kappa shape index (κ1) is 15.6. The summed E-state index contributed by atoms with van der Waals surface area (Å²) in [6.45, 7) is 2.92. The molecule has 0 saturated heterocycles. The number of benzene rings is 1. The minimum absolute atomic E-state index is 0.294. The maximum Gasteiger partial charge on any atom is 0.119 e. The van der Waals surface area contributed by atoms with Crippen LogP contribution < -0.4 is 10.1 Å². The van der Waals surface area contributed by atoms with E-state index in [-0.39, 0.29) is 0 Å². The molecule has 0 bridgehead atoms. The molecule has 1 aromatic carbocycles. The van der Waals surface area contributed by atoms with E-state index in [1.54, 1.807) is 6.26 Å². The van der Waals surface area contributed by atoms with Gasteiger partial charge in [-0.1, -0.05) is 18.2 Å². The molecule has 2 atom stereocenters. The Labute approximate surface area is 125 Å². The molecule has 2 unspecified atom stereocenters. The Morgan fingerprint density at radius 3 is 2.71 bits per heavy atom. The number of hydrogen-bond acceptors (Lipinski definition) is 4. The smallest absolute Gasteiger partial charge is 0.119 e. The second kappa shape index (κ2) is 8.49. The van der Waals surface area contributed by atoms with Crippen LogP contribution in [0.15, 0.2) is 53.1 Å². The van der Waals surface area contributed by atoms with Crippen LogP contribution in [0.2, 0.25) is 0 Å². The van der Waals surface area contributed by atoms with Crippen molar-refractivity contribution in [3.05, 3.63) is 54.5 Å². The lowest BCUT2D eigenvalue weighted by Crippen LogP contribution is -2.36. The highest BCUT2D eigenvalue weighted by molar-refractivity contribution is 5.20. The number of furan rings is 1. The van der Waals surface area contributed by atoms with Gasteiger partial charge in [-0.25, -0.2) is 0 Å². The second-order valence-electron chi connectivity index (χ2n) is 5.21. The summed E-state index contributed by atoms with van der Waals surface area (Å²) in [5.41, 5.74) is 0. The Morgan fingerprint density at radius 2 is 2.00 bits per heavy atom. The van der Waals surface area contributed by atoms with Gasteiger partial charge in [0.05, 0.1) is 6.26 Å². The van der Waals surface area contributed by atoms with E-state index in [0.29, 0.717) is 19.2 Å². The summed E-state index contributed by atoms with van der Waals surface area (Å²) < 4.78 is 10.8. The van der Waals surface area contributed by atoms with E-state index in [0.717, 1.165) is 24.4 Å². The lowest BCUT2D eigenvalue weighted by molar-refractivity contribution is 0.104. The van der Waals surface area contributed by atoms with Crippen LogP contribution in [0.1, 0.15) is 19.1 Å². The zero-order valence-corrected chi connectivity index (χ0v) is 12.4. The molecule has 0 saturated carbocycles. The van der Waals surface area contributed by atoms with Gasteiger partial charge in [0.2, 0.25) is 0 Å². The fourth-order valence-electron chi connectivity index (χ4n) is 2.02. The molecule has 0 spiro atoms. The molecular formula is C17H23NO3. The number of ether oxygens (including phenoxy) is 1. The molecule has 2 aromatic rings. The highest BCUT2D eigenvalue weighted by atomic mass is 16.5. The maximum atomic E-state index is 9.91. The Bertz CT molecular complexity index is 484. The number of aliphatic hydroxyl groups excluding tert-OH is 1. The molecule has 1 aromatic heterocycles. The minimum Gasteiger partial charge on any atom is -0.491 e. The number of para-hydroxylation sites is 1. The average Bonchev–Trinajstić information content (AvgIpc) is 3.03. The molecule has 2 N–H and O–H groups in total. The number of nitrogens with one attached hydrogen (secondary N) is 1. The molecule has 0 amide bonds. The molecule has 0 aliphatic rings. The normalized spacial score (nSPS) is 13.8. The van der Waals surface area contributed by atoms with E-state index in [9.17, 15) is 5.11 Å². The molecule has 114 valence electrons. The summed E-state index contributed by atoms with van der Waals surface area (Å²) in [4.78, 5) is 0. The molecule has 4 heteroatoms. The average molecular weight is 289 g/mol. The number of rotatable bonds is 9. The number of aliphatic hydroxyl groups is 1. The van der Waals surface area contributed by atoms with Crippen LogP contribution in [0.3, 0.4) is 0 Å². The molecule has 0 aliphatic carbocycles. The van der Waals surface area contributed by atoms with Gasteiger partial charge in [0, 0.05) is 19.0 Å². The van der Waals surface area contributed by atoms with Crippen molar-refractivity contribution in [3.8, 4) is 5.75 Å². The Hall–Kier alpha value is -1.78. The molecule has 0 aliphatic heterocycles. The first-order valence-electron chi connectivity index (χ1n) is 7.35. The van der Waals surface area contributed by atoms with Crippen LogP contribution in [0.4, 0.5) is 0 Å². The van der Waals surface area contributed by atoms with Crippen molar-refractivity contribution in [1.82, 2.24) is 5.32 Å². The predicted molar refractivity (Wildman–Crippen MR) is 82.4 cm³/mol. The summed E-state index contributed by atoms with van der Waals surface area (Å²) >= 11 is 0. The molecule has 1 heterocycles. The second-order valence-corrected chi connectivity index (χ2v) is 5.21. The van der Waals surface area contributed by atoms with Gasteiger partial charge in [-0.3, -0.25) is 0 Å². The zero-order valence-electron chi connectivity index (χ0n) is 12.4. The van der Waals surface area contributed by atoms with Crippen molar-refractivity contribution in [1.29, 1.82) is 0 Å². The van der Waals surface area contributed by atoms with Gasteiger partial charge in [0.25, 0.3) is 0 Å². The van der Waals surface area contributed by atoms with Gasteiger partial charge >= 0.3 is 0 Å². The molecule has 0 radical (unpaired) electrons. The van der Waals surface area contributed by atoms with E-state index >= 15 is 0 Å². The van der Waals surface area contributed by atoms with E-state index in [4.69, 9.17) is 9.15 Å². The lowest BCUT2D eigenvalue weighted by atomic mass is 10.1. The van der Waals surface area contributed by atoms with Crippen LogP contribution in [0.5, 0.6) is 5.75 Å². The molecule has 2 rings (SSSR count). The first-order valence-corrected chi connectivity index (χ1v) is 7.35. The summed E-state index contributed by atoms with van der Waals surface area (Å²) in [6.07, 6.45) is 3.05. The van der Waals surface area contributed by atoms with Gasteiger partial charge < -0.3 is 19.6 Å². The van der Waals surface area contributed by atoms with E-state index in [1.165, 1.54) is 0 Å². The standard InChI is InChI=1S/C17H23NO3/c1-14(9-10-17-8-5-11-20-17)18-12-15(19)13-21-16-6-3-2-4-7-16/h2-8,11,14-15,18-19H,9-10,12-13H2,1H3. The van der Waals surface area contributed by atoms with Crippen LogP contribution >= 0.6 is 0 Å². The van der Waals surface area contributed by atoms with Crippen molar-refractivity contribution in [3.63, 3.8) is 0 Å². The fraction of sp³-hybridized carbons (Fsp3) is 0.412. The summed E-state index contributed by atoms with van der Waals surface area (Å²) in [7, 11) is 0. The predicted octanol–water partition coefficient (Wildman–Crippen LogP) is 2.63.